The van der Waals surface area contributed by atoms with Crippen molar-refractivity contribution in [2.75, 3.05) is 13.2 Å². The number of hydrogen-bond acceptors (Lipinski definition) is 3. The first-order valence-electron chi connectivity index (χ1n) is 9.55. The first-order valence-corrected chi connectivity index (χ1v) is 9.55. The molecule has 0 aliphatic rings. The van der Waals surface area contributed by atoms with Crippen LogP contribution < -0.4 is 0 Å². The molecule has 0 amide bonds. The standard InChI is InChI=1S/C20H38O5/c1-19(2,15-17(21)22)11-7-5-9-13-25-14-10-6-8-12-20(3,4)16-18(23)24/h5-16H2,1-4H3,(H,21,22)(H,23,24). The Bertz CT molecular complexity index is 352. The number of ether oxygens (including phenoxy) is 1. The lowest BCUT2D eigenvalue weighted by atomic mass is 9.84. The molecule has 0 saturated carbocycles. The van der Waals surface area contributed by atoms with Crippen molar-refractivity contribution in [3.63, 3.8) is 0 Å². The third-order valence-corrected chi connectivity index (χ3v) is 4.54. The van der Waals surface area contributed by atoms with E-state index in [4.69, 9.17) is 14.9 Å². The molecule has 5 heteroatoms. The molecule has 148 valence electrons. The number of aliphatic carboxylic acids is 2. The lowest BCUT2D eigenvalue weighted by molar-refractivity contribution is -0.140. The average molecular weight is 359 g/mol. The summed E-state index contributed by atoms with van der Waals surface area (Å²) in [6.45, 7) is 9.57. The smallest absolute Gasteiger partial charge is 0.303 e. The quantitative estimate of drug-likeness (QED) is 0.374. The van der Waals surface area contributed by atoms with E-state index in [1.54, 1.807) is 0 Å². The summed E-state index contributed by atoms with van der Waals surface area (Å²) in [5.74, 6) is -1.45. The maximum atomic E-state index is 10.8. The highest BCUT2D eigenvalue weighted by Crippen LogP contribution is 2.28. The van der Waals surface area contributed by atoms with E-state index in [0.717, 1.165) is 64.6 Å². The molecule has 0 bridgehead atoms. The fourth-order valence-electron chi connectivity index (χ4n) is 3.07. The van der Waals surface area contributed by atoms with Gasteiger partial charge in [0.1, 0.15) is 0 Å². The summed E-state index contributed by atoms with van der Waals surface area (Å²) in [4.78, 5) is 21.5. The van der Waals surface area contributed by atoms with E-state index in [9.17, 15) is 9.59 Å². The minimum absolute atomic E-state index is 0.124. The molecule has 0 saturated heterocycles. The van der Waals surface area contributed by atoms with Crippen LogP contribution >= 0.6 is 0 Å². The van der Waals surface area contributed by atoms with Crippen LogP contribution in [0.5, 0.6) is 0 Å². The Labute approximate surface area is 153 Å². The molecule has 0 aliphatic carbocycles. The third kappa shape index (κ3) is 16.1. The van der Waals surface area contributed by atoms with Crippen molar-refractivity contribution >= 4 is 11.9 Å². The van der Waals surface area contributed by atoms with Gasteiger partial charge in [-0.3, -0.25) is 9.59 Å². The summed E-state index contributed by atoms with van der Waals surface area (Å²) in [6, 6.07) is 0. The molecule has 5 nitrogen and oxygen atoms in total. The Hall–Kier alpha value is -1.10. The molecule has 0 heterocycles. The van der Waals surface area contributed by atoms with Gasteiger partial charge in [-0.1, -0.05) is 53.4 Å². The first kappa shape index (κ1) is 23.9. The second-order valence-corrected chi connectivity index (χ2v) is 8.70. The minimum Gasteiger partial charge on any atom is -0.481 e. The van der Waals surface area contributed by atoms with Crippen molar-refractivity contribution in [1.29, 1.82) is 0 Å². The lowest BCUT2D eigenvalue weighted by Crippen LogP contribution is -2.16. The number of hydrogen-bond donors (Lipinski definition) is 2. The largest absolute Gasteiger partial charge is 0.481 e. The zero-order valence-corrected chi connectivity index (χ0v) is 16.6. The zero-order chi connectivity index (χ0) is 19.3. The van der Waals surface area contributed by atoms with E-state index < -0.39 is 11.9 Å². The first-order chi connectivity index (χ1) is 11.5. The SMILES string of the molecule is CC(C)(CCCCCOCCCCCC(C)(C)CC(=O)O)CC(=O)O. The summed E-state index contributed by atoms with van der Waals surface area (Å²) in [5.41, 5.74) is -0.248. The van der Waals surface area contributed by atoms with E-state index in [-0.39, 0.29) is 23.7 Å². The fraction of sp³-hybridized carbons (Fsp3) is 0.900. The predicted octanol–water partition coefficient (Wildman–Crippen LogP) is 5.13. The van der Waals surface area contributed by atoms with Crippen LogP contribution in [0.3, 0.4) is 0 Å². The zero-order valence-electron chi connectivity index (χ0n) is 16.6. The van der Waals surface area contributed by atoms with Gasteiger partial charge < -0.3 is 14.9 Å². The Morgan fingerprint density at radius 2 is 1.04 bits per heavy atom. The normalized spacial score (nSPS) is 12.3. The van der Waals surface area contributed by atoms with Crippen molar-refractivity contribution < 1.29 is 24.5 Å². The van der Waals surface area contributed by atoms with Crippen molar-refractivity contribution in [1.82, 2.24) is 0 Å². The fourth-order valence-corrected chi connectivity index (χ4v) is 3.07. The second kappa shape index (κ2) is 12.3. The molecule has 0 aromatic heterocycles. The highest BCUT2D eigenvalue weighted by atomic mass is 16.5. The number of carboxylic acids is 2. The van der Waals surface area contributed by atoms with Crippen LogP contribution in [0.2, 0.25) is 0 Å². The maximum absolute atomic E-state index is 10.8. The van der Waals surface area contributed by atoms with E-state index in [0.29, 0.717) is 0 Å². The van der Waals surface area contributed by atoms with Crippen LogP contribution in [-0.4, -0.2) is 35.4 Å². The van der Waals surface area contributed by atoms with Crippen molar-refractivity contribution in [3.8, 4) is 0 Å². The summed E-state index contributed by atoms with van der Waals surface area (Å²) in [6.07, 6.45) is 8.61. The van der Waals surface area contributed by atoms with Crippen LogP contribution in [0.25, 0.3) is 0 Å². The van der Waals surface area contributed by atoms with Gasteiger partial charge >= 0.3 is 11.9 Å². The molecule has 0 fully saturated rings. The average Bonchev–Trinajstić information content (AvgIpc) is 2.41. The molecule has 0 rings (SSSR count). The van der Waals surface area contributed by atoms with Crippen molar-refractivity contribution in [2.45, 2.75) is 91.9 Å². The molecular formula is C20H38O5. The molecule has 25 heavy (non-hydrogen) atoms. The molecule has 0 aromatic carbocycles. The van der Waals surface area contributed by atoms with E-state index >= 15 is 0 Å². The predicted molar refractivity (Wildman–Crippen MR) is 99.8 cm³/mol. The summed E-state index contributed by atoms with van der Waals surface area (Å²) in [7, 11) is 0. The number of carbonyl (C=O) groups is 2. The van der Waals surface area contributed by atoms with Crippen LogP contribution in [0, 0.1) is 10.8 Å². The van der Waals surface area contributed by atoms with Gasteiger partial charge in [-0.2, -0.15) is 0 Å². The summed E-state index contributed by atoms with van der Waals surface area (Å²) in [5, 5.41) is 17.7. The van der Waals surface area contributed by atoms with Gasteiger partial charge in [-0.25, -0.2) is 0 Å². The Morgan fingerprint density at radius 3 is 1.36 bits per heavy atom. The van der Waals surface area contributed by atoms with Gasteiger partial charge in [0, 0.05) is 13.2 Å². The van der Waals surface area contributed by atoms with Crippen molar-refractivity contribution in [3.05, 3.63) is 0 Å². The lowest BCUT2D eigenvalue weighted by Gasteiger charge is -2.22. The topological polar surface area (TPSA) is 83.8 Å². The molecule has 2 N–H and O–H groups in total. The van der Waals surface area contributed by atoms with Crippen LogP contribution in [0.1, 0.15) is 91.9 Å². The van der Waals surface area contributed by atoms with E-state index in [1.165, 1.54) is 0 Å². The molecule has 0 aromatic rings. The Morgan fingerprint density at radius 1 is 0.680 bits per heavy atom. The minimum atomic E-state index is -0.723. The van der Waals surface area contributed by atoms with Crippen LogP contribution in [0.4, 0.5) is 0 Å². The number of carboxylic acid groups (broad SMARTS) is 2. The van der Waals surface area contributed by atoms with E-state index in [1.807, 2.05) is 27.7 Å². The van der Waals surface area contributed by atoms with Gasteiger partial charge in [0.05, 0.1) is 12.8 Å². The second-order valence-electron chi connectivity index (χ2n) is 8.70. The molecule has 0 spiro atoms. The number of rotatable bonds is 16. The molecule has 0 atom stereocenters. The van der Waals surface area contributed by atoms with Crippen molar-refractivity contribution in [2.24, 2.45) is 10.8 Å². The Kier molecular flexibility index (Phi) is 11.7. The Balaban J connectivity index is 3.45. The highest BCUT2D eigenvalue weighted by Gasteiger charge is 2.21. The van der Waals surface area contributed by atoms with Gasteiger partial charge in [0.25, 0.3) is 0 Å². The highest BCUT2D eigenvalue weighted by molar-refractivity contribution is 5.67. The molecule has 0 aliphatic heterocycles. The van der Waals surface area contributed by atoms with Crippen LogP contribution in [0.15, 0.2) is 0 Å². The molecular weight excluding hydrogens is 320 g/mol. The summed E-state index contributed by atoms with van der Waals surface area (Å²) >= 11 is 0. The van der Waals surface area contributed by atoms with Gasteiger partial charge in [0.2, 0.25) is 0 Å². The van der Waals surface area contributed by atoms with E-state index in [2.05, 4.69) is 0 Å². The molecule has 0 unspecified atom stereocenters. The summed E-state index contributed by atoms with van der Waals surface area (Å²) < 4.78 is 5.64. The third-order valence-electron chi connectivity index (χ3n) is 4.54. The van der Waals surface area contributed by atoms with Crippen LogP contribution in [-0.2, 0) is 14.3 Å². The molecule has 0 radical (unpaired) electrons. The van der Waals surface area contributed by atoms with Gasteiger partial charge in [0.15, 0.2) is 0 Å². The maximum Gasteiger partial charge on any atom is 0.303 e. The number of unbranched alkanes of at least 4 members (excludes halogenated alkanes) is 4. The van der Waals surface area contributed by atoms with Gasteiger partial charge in [-0.05, 0) is 36.5 Å². The monoisotopic (exact) mass is 358 g/mol. The van der Waals surface area contributed by atoms with Gasteiger partial charge in [-0.15, -0.1) is 0 Å².